The highest BCUT2D eigenvalue weighted by Gasteiger charge is 2.39. The summed E-state index contributed by atoms with van der Waals surface area (Å²) in [5.41, 5.74) is 0.922. The first kappa shape index (κ1) is 16.4. The Kier molecular flexibility index (Phi) is 4.80. The molecule has 3 rings (SSSR count). The Balaban J connectivity index is 1.87. The second-order valence-electron chi connectivity index (χ2n) is 5.69. The fourth-order valence-corrected chi connectivity index (χ4v) is 3.58. The van der Waals surface area contributed by atoms with Gasteiger partial charge in [-0.3, -0.25) is 9.59 Å². The molecule has 7 heteroatoms. The van der Waals surface area contributed by atoms with E-state index in [1.165, 1.54) is 11.3 Å². The molecule has 1 fully saturated rings. The Morgan fingerprint density at radius 3 is 2.75 bits per heavy atom. The molecule has 0 saturated carbocycles. The van der Waals surface area contributed by atoms with Crippen molar-refractivity contribution in [2.45, 2.75) is 18.9 Å². The maximum atomic E-state index is 12.7. The number of hydrogen-bond donors (Lipinski definition) is 1. The first-order chi connectivity index (χ1) is 11.6. The Morgan fingerprint density at radius 1 is 1.38 bits per heavy atom. The molecule has 0 spiro atoms. The number of ether oxygens (including phenoxy) is 1. The van der Waals surface area contributed by atoms with Crippen LogP contribution in [0.4, 0.5) is 5.13 Å². The van der Waals surface area contributed by atoms with E-state index in [2.05, 4.69) is 10.3 Å². The van der Waals surface area contributed by atoms with Crippen LogP contribution in [0.1, 0.15) is 24.4 Å². The third-order valence-electron chi connectivity index (χ3n) is 4.32. The standard InChI is InChI=1S/C17H19N3O3S/c1-20-14(21)8-7-13(16(22)19-17-18-9-10-24-17)15(20)11-3-5-12(23-2)6-4-11/h3-6,9-10,13,15H,7-8H2,1-2H3,(H,18,19,22)/t13-,15-/m1/s1. The normalized spacial score (nSPS) is 20.8. The number of carbonyl (C=O) groups excluding carboxylic acids is 2. The Hall–Kier alpha value is -2.41. The van der Waals surface area contributed by atoms with Crippen LogP contribution in [0, 0.1) is 5.92 Å². The maximum absolute atomic E-state index is 12.7. The van der Waals surface area contributed by atoms with E-state index >= 15 is 0 Å². The zero-order valence-electron chi connectivity index (χ0n) is 13.6. The van der Waals surface area contributed by atoms with Crippen molar-refractivity contribution in [3.05, 3.63) is 41.4 Å². The van der Waals surface area contributed by atoms with Gasteiger partial charge >= 0.3 is 0 Å². The van der Waals surface area contributed by atoms with Crippen molar-refractivity contribution in [1.82, 2.24) is 9.88 Å². The highest BCUT2D eigenvalue weighted by molar-refractivity contribution is 7.13. The summed E-state index contributed by atoms with van der Waals surface area (Å²) >= 11 is 1.38. The van der Waals surface area contributed by atoms with Gasteiger partial charge < -0.3 is 15.0 Å². The number of carbonyl (C=O) groups is 2. The molecule has 1 aliphatic heterocycles. The quantitative estimate of drug-likeness (QED) is 0.925. The predicted octanol–water partition coefficient (Wildman–Crippen LogP) is 2.70. The maximum Gasteiger partial charge on any atom is 0.231 e. The minimum absolute atomic E-state index is 0.0501. The highest BCUT2D eigenvalue weighted by Crippen LogP contribution is 2.37. The Morgan fingerprint density at radius 2 is 2.12 bits per heavy atom. The number of thiazole rings is 1. The number of rotatable bonds is 4. The molecule has 0 bridgehead atoms. The van der Waals surface area contributed by atoms with Crippen molar-refractivity contribution >= 4 is 28.3 Å². The summed E-state index contributed by atoms with van der Waals surface area (Å²) in [4.78, 5) is 30.6. The molecule has 1 aromatic carbocycles. The smallest absolute Gasteiger partial charge is 0.231 e. The van der Waals surface area contributed by atoms with Gasteiger partial charge in [-0.15, -0.1) is 11.3 Å². The lowest BCUT2D eigenvalue weighted by Gasteiger charge is -2.38. The molecule has 0 unspecified atom stereocenters. The van der Waals surface area contributed by atoms with E-state index in [1.54, 1.807) is 25.3 Å². The van der Waals surface area contributed by atoms with Gasteiger partial charge in [-0.05, 0) is 24.1 Å². The number of anilines is 1. The van der Waals surface area contributed by atoms with Crippen molar-refractivity contribution in [2.24, 2.45) is 5.92 Å². The van der Waals surface area contributed by atoms with Crippen molar-refractivity contribution < 1.29 is 14.3 Å². The number of piperidine rings is 1. The zero-order valence-corrected chi connectivity index (χ0v) is 14.4. The molecule has 1 aliphatic rings. The van der Waals surface area contributed by atoms with E-state index in [1.807, 2.05) is 29.6 Å². The average molecular weight is 345 g/mol. The third-order valence-corrected chi connectivity index (χ3v) is 5.01. The number of amides is 2. The van der Waals surface area contributed by atoms with Crippen molar-refractivity contribution in [3.8, 4) is 5.75 Å². The lowest BCUT2D eigenvalue weighted by molar-refractivity contribution is -0.140. The van der Waals surface area contributed by atoms with Crippen LogP contribution in [0.3, 0.4) is 0 Å². The molecule has 0 aliphatic carbocycles. The van der Waals surface area contributed by atoms with Gasteiger partial charge in [0.05, 0.1) is 19.1 Å². The summed E-state index contributed by atoms with van der Waals surface area (Å²) in [6.45, 7) is 0. The van der Waals surface area contributed by atoms with Crippen molar-refractivity contribution in [2.75, 3.05) is 19.5 Å². The summed E-state index contributed by atoms with van der Waals surface area (Å²) in [7, 11) is 3.36. The van der Waals surface area contributed by atoms with E-state index in [4.69, 9.17) is 4.74 Å². The molecule has 1 aromatic heterocycles. The number of nitrogens with one attached hydrogen (secondary N) is 1. The molecule has 2 amide bonds. The number of hydrogen-bond acceptors (Lipinski definition) is 5. The molecule has 2 atom stereocenters. The molecular weight excluding hydrogens is 326 g/mol. The monoisotopic (exact) mass is 345 g/mol. The van der Waals surface area contributed by atoms with Gasteiger partial charge in [-0.1, -0.05) is 12.1 Å². The molecule has 1 saturated heterocycles. The van der Waals surface area contributed by atoms with Crippen LogP contribution >= 0.6 is 11.3 Å². The van der Waals surface area contributed by atoms with E-state index < -0.39 is 0 Å². The van der Waals surface area contributed by atoms with Gasteiger partial charge in [0.1, 0.15) is 5.75 Å². The first-order valence-corrected chi connectivity index (χ1v) is 8.58. The molecule has 0 radical (unpaired) electrons. The molecule has 126 valence electrons. The summed E-state index contributed by atoms with van der Waals surface area (Å²) < 4.78 is 5.18. The van der Waals surface area contributed by atoms with Gasteiger partial charge in [0.2, 0.25) is 11.8 Å². The van der Waals surface area contributed by atoms with Crippen LogP contribution in [0.5, 0.6) is 5.75 Å². The molecule has 6 nitrogen and oxygen atoms in total. The van der Waals surface area contributed by atoms with Gasteiger partial charge in [0.25, 0.3) is 0 Å². The second-order valence-corrected chi connectivity index (χ2v) is 6.59. The van der Waals surface area contributed by atoms with Gasteiger partial charge in [-0.2, -0.15) is 0 Å². The number of nitrogens with zero attached hydrogens (tertiary/aromatic N) is 2. The minimum atomic E-state index is -0.315. The van der Waals surface area contributed by atoms with Gasteiger partial charge in [0.15, 0.2) is 5.13 Å². The zero-order chi connectivity index (χ0) is 17.1. The van der Waals surface area contributed by atoms with Crippen LogP contribution in [0.25, 0.3) is 0 Å². The summed E-state index contributed by atoms with van der Waals surface area (Å²) in [6, 6.07) is 7.21. The van der Waals surface area contributed by atoms with Gasteiger partial charge in [-0.25, -0.2) is 4.98 Å². The number of methoxy groups -OCH3 is 1. The van der Waals surface area contributed by atoms with Crippen molar-refractivity contribution in [3.63, 3.8) is 0 Å². The van der Waals surface area contributed by atoms with Gasteiger partial charge in [0, 0.05) is 25.0 Å². The molecule has 1 N–H and O–H groups in total. The molecule has 2 heterocycles. The summed E-state index contributed by atoms with van der Waals surface area (Å²) in [5, 5.41) is 5.24. The van der Waals surface area contributed by atoms with E-state index in [0.717, 1.165) is 11.3 Å². The third kappa shape index (κ3) is 3.26. The van der Waals surface area contributed by atoms with Crippen LogP contribution in [-0.4, -0.2) is 35.9 Å². The van der Waals surface area contributed by atoms with E-state index in [0.29, 0.717) is 18.0 Å². The van der Waals surface area contributed by atoms with Crippen LogP contribution in [0.2, 0.25) is 0 Å². The van der Waals surface area contributed by atoms with E-state index in [-0.39, 0.29) is 23.8 Å². The number of benzene rings is 1. The minimum Gasteiger partial charge on any atom is -0.497 e. The molecule has 2 aromatic rings. The summed E-state index contributed by atoms with van der Waals surface area (Å²) in [5.74, 6) is 0.372. The Labute approximate surface area is 144 Å². The first-order valence-electron chi connectivity index (χ1n) is 7.70. The van der Waals surface area contributed by atoms with Crippen LogP contribution < -0.4 is 10.1 Å². The highest BCUT2D eigenvalue weighted by atomic mass is 32.1. The lowest BCUT2D eigenvalue weighted by atomic mass is 9.84. The average Bonchev–Trinajstić information content (AvgIpc) is 3.10. The largest absolute Gasteiger partial charge is 0.497 e. The summed E-state index contributed by atoms with van der Waals surface area (Å²) in [6.07, 6.45) is 2.55. The fraction of sp³-hybridized carbons (Fsp3) is 0.353. The van der Waals surface area contributed by atoms with E-state index in [9.17, 15) is 9.59 Å². The topological polar surface area (TPSA) is 71.5 Å². The fourth-order valence-electron chi connectivity index (χ4n) is 3.05. The van der Waals surface area contributed by atoms with Crippen LogP contribution in [0.15, 0.2) is 35.8 Å². The second kappa shape index (κ2) is 7.00. The number of aromatic nitrogens is 1. The van der Waals surface area contributed by atoms with Crippen LogP contribution in [-0.2, 0) is 9.59 Å². The predicted molar refractivity (Wildman–Crippen MR) is 92.0 cm³/mol. The lowest BCUT2D eigenvalue weighted by Crippen LogP contribution is -2.44. The SMILES string of the molecule is COc1ccc([C@@H]2[C@H](C(=O)Nc3nccs3)CCC(=O)N2C)cc1. The Bertz CT molecular complexity index is 715. The molecule has 24 heavy (non-hydrogen) atoms. The van der Waals surface area contributed by atoms with Crippen molar-refractivity contribution in [1.29, 1.82) is 0 Å². The molecular formula is C17H19N3O3S. The number of likely N-dealkylation sites (tertiary alicyclic amines) is 1.